The van der Waals surface area contributed by atoms with Gasteiger partial charge in [-0.3, -0.25) is 0 Å². The first-order valence-electron chi connectivity index (χ1n) is 20.4. The number of fused-ring (bicyclic) bond motifs is 8. The molecule has 56 heavy (non-hydrogen) atoms. The molecule has 0 spiro atoms. The SMILES string of the molecule is CC1C2=C(C(C)(C)c3ccccc32)C2(C)C3=C1C(C)c1ccccc1C3(C)c1ccccc1N2c1cccc(-c2cccc3cccc(-c4ccccc4)c23)c1. The number of rotatable bonds is 3. The molecule has 4 atom stereocenters. The van der Waals surface area contributed by atoms with Gasteiger partial charge in [0.05, 0.1) is 5.54 Å². The van der Waals surface area contributed by atoms with E-state index in [2.05, 4.69) is 210 Å². The van der Waals surface area contributed by atoms with Crippen molar-refractivity contribution in [3.63, 3.8) is 0 Å². The van der Waals surface area contributed by atoms with Crippen molar-refractivity contribution >= 4 is 27.7 Å². The van der Waals surface area contributed by atoms with Gasteiger partial charge < -0.3 is 4.90 Å². The molecule has 0 N–H and O–H groups in total. The smallest absolute Gasteiger partial charge is 0.0876 e. The number of nitrogens with zero attached hydrogens (tertiary/aromatic N) is 1. The normalized spacial score (nSPS) is 24.0. The fourth-order valence-corrected chi connectivity index (χ4v) is 12.5. The molecule has 272 valence electrons. The number of hydrogen-bond donors (Lipinski definition) is 0. The molecule has 0 saturated heterocycles. The predicted octanol–water partition coefficient (Wildman–Crippen LogP) is 14.2. The topological polar surface area (TPSA) is 3.24 Å². The second kappa shape index (κ2) is 11.6. The Bertz CT molecular complexity index is 2850. The van der Waals surface area contributed by atoms with Crippen LogP contribution in [-0.2, 0) is 10.8 Å². The molecular formula is C55H47N. The molecule has 7 aromatic rings. The lowest BCUT2D eigenvalue weighted by molar-refractivity contribution is 0.403. The molecular weight excluding hydrogens is 675 g/mol. The Morgan fingerprint density at radius 3 is 1.84 bits per heavy atom. The van der Waals surface area contributed by atoms with Gasteiger partial charge in [0.15, 0.2) is 0 Å². The summed E-state index contributed by atoms with van der Waals surface area (Å²) in [6.45, 7) is 15.1. The lowest BCUT2D eigenvalue weighted by Crippen LogP contribution is -2.61. The molecule has 0 radical (unpaired) electrons. The molecule has 0 fully saturated rings. The van der Waals surface area contributed by atoms with Crippen LogP contribution in [0.4, 0.5) is 11.4 Å². The van der Waals surface area contributed by atoms with Crippen LogP contribution in [0.1, 0.15) is 75.3 Å². The number of anilines is 2. The third-order valence-electron chi connectivity index (χ3n) is 14.4. The van der Waals surface area contributed by atoms with Gasteiger partial charge >= 0.3 is 0 Å². The summed E-state index contributed by atoms with van der Waals surface area (Å²) in [5.74, 6) is 0.572. The van der Waals surface area contributed by atoms with E-state index < -0.39 is 5.54 Å². The van der Waals surface area contributed by atoms with Crippen LogP contribution >= 0.6 is 0 Å². The van der Waals surface area contributed by atoms with Crippen LogP contribution < -0.4 is 4.90 Å². The molecule has 1 nitrogen and oxygen atoms in total. The zero-order valence-corrected chi connectivity index (χ0v) is 33.2. The van der Waals surface area contributed by atoms with Gasteiger partial charge in [-0.25, -0.2) is 0 Å². The third kappa shape index (κ3) is 4.11. The Morgan fingerprint density at radius 2 is 1.07 bits per heavy atom. The maximum atomic E-state index is 2.77. The molecule has 0 bridgehead atoms. The van der Waals surface area contributed by atoms with Crippen molar-refractivity contribution in [3.05, 3.63) is 208 Å². The summed E-state index contributed by atoms with van der Waals surface area (Å²) in [5, 5.41) is 2.55. The standard InChI is InChI=1S/C55H47N/c1-34-40-25-10-13-30-45(40)54(5)46-31-14-15-32-47(46)56(55(6)51-49(35(2)48(34)52(54)55)43-26-11-12-29-44(43)53(51,3)4)39-24-16-23-38(33-39)42-28-18-22-37-21-17-27-41(50(37)42)36-19-8-7-9-20-36/h7-35H,1-6H3. The van der Waals surface area contributed by atoms with Gasteiger partial charge in [-0.15, -0.1) is 0 Å². The summed E-state index contributed by atoms with van der Waals surface area (Å²) in [4.78, 5) is 2.77. The summed E-state index contributed by atoms with van der Waals surface area (Å²) in [6, 6.07) is 61.8. The fourth-order valence-electron chi connectivity index (χ4n) is 12.5. The van der Waals surface area contributed by atoms with Gasteiger partial charge in [0.25, 0.3) is 0 Å². The van der Waals surface area contributed by atoms with E-state index in [1.807, 2.05) is 0 Å². The zero-order chi connectivity index (χ0) is 38.1. The van der Waals surface area contributed by atoms with E-state index in [0.717, 1.165) is 0 Å². The van der Waals surface area contributed by atoms with Gasteiger partial charge in [0, 0.05) is 34.0 Å². The van der Waals surface area contributed by atoms with E-state index in [9.17, 15) is 0 Å². The van der Waals surface area contributed by atoms with Crippen molar-refractivity contribution in [2.45, 2.75) is 63.8 Å². The van der Waals surface area contributed by atoms with Crippen LogP contribution in [0.15, 0.2) is 181 Å². The maximum absolute atomic E-state index is 2.77. The molecule has 1 aliphatic heterocycles. The second-order valence-corrected chi connectivity index (χ2v) is 17.5. The van der Waals surface area contributed by atoms with Crippen molar-refractivity contribution in [2.75, 3.05) is 4.90 Å². The fraction of sp³-hybridized carbons (Fsp3) is 0.200. The molecule has 3 aliphatic carbocycles. The van der Waals surface area contributed by atoms with E-state index in [4.69, 9.17) is 0 Å². The number of hydrogen-bond acceptors (Lipinski definition) is 1. The largest absolute Gasteiger partial charge is 0.328 e. The highest BCUT2D eigenvalue weighted by Crippen LogP contribution is 2.71. The van der Waals surface area contributed by atoms with Gasteiger partial charge in [0.2, 0.25) is 0 Å². The van der Waals surface area contributed by atoms with Crippen LogP contribution in [0.2, 0.25) is 0 Å². The van der Waals surface area contributed by atoms with E-state index in [1.165, 1.54) is 77.8 Å². The van der Waals surface area contributed by atoms with Crippen LogP contribution in [-0.4, -0.2) is 5.54 Å². The van der Waals surface area contributed by atoms with Crippen LogP contribution in [0.3, 0.4) is 0 Å². The predicted molar refractivity (Wildman–Crippen MR) is 236 cm³/mol. The third-order valence-corrected chi connectivity index (χ3v) is 14.4. The van der Waals surface area contributed by atoms with Crippen LogP contribution in [0.5, 0.6) is 0 Å². The minimum Gasteiger partial charge on any atom is -0.328 e. The van der Waals surface area contributed by atoms with Gasteiger partial charge in [-0.2, -0.15) is 0 Å². The van der Waals surface area contributed by atoms with Gasteiger partial charge in [-0.05, 0) is 110 Å². The van der Waals surface area contributed by atoms with E-state index in [-0.39, 0.29) is 16.7 Å². The van der Waals surface area contributed by atoms with E-state index >= 15 is 0 Å². The van der Waals surface area contributed by atoms with E-state index in [1.54, 1.807) is 16.7 Å². The Kier molecular flexibility index (Phi) is 6.90. The first kappa shape index (κ1) is 33.4. The van der Waals surface area contributed by atoms with Crippen molar-refractivity contribution in [1.82, 2.24) is 0 Å². The summed E-state index contributed by atoms with van der Waals surface area (Å²) in [6.07, 6.45) is 0. The average Bonchev–Trinajstić information content (AvgIpc) is 3.48. The zero-order valence-electron chi connectivity index (χ0n) is 33.2. The highest BCUT2D eigenvalue weighted by Gasteiger charge is 2.64. The maximum Gasteiger partial charge on any atom is 0.0876 e. The van der Waals surface area contributed by atoms with Gasteiger partial charge in [0.1, 0.15) is 0 Å². The molecule has 1 heterocycles. The molecule has 4 unspecified atom stereocenters. The molecule has 4 aliphatic rings. The second-order valence-electron chi connectivity index (χ2n) is 17.5. The quantitative estimate of drug-likeness (QED) is 0.164. The molecule has 11 rings (SSSR count). The van der Waals surface area contributed by atoms with Crippen LogP contribution in [0.25, 0.3) is 38.6 Å². The van der Waals surface area contributed by atoms with Crippen molar-refractivity contribution in [3.8, 4) is 22.3 Å². The molecule has 7 aromatic carbocycles. The monoisotopic (exact) mass is 721 g/mol. The average molecular weight is 722 g/mol. The minimum atomic E-state index is -0.461. The summed E-state index contributed by atoms with van der Waals surface area (Å²) in [5.41, 5.74) is 20.0. The van der Waals surface area contributed by atoms with Gasteiger partial charge in [-0.1, -0.05) is 179 Å². The summed E-state index contributed by atoms with van der Waals surface area (Å²) < 4.78 is 0. The Hall–Kier alpha value is -5.92. The Morgan fingerprint density at radius 1 is 0.482 bits per heavy atom. The number of para-hydroxylation sites is 1. The molecule has 0 aromatic heterocycles. The number of benzene rings is 7. The Balaban J connectivity index is 1.23. The summed E-state index contributed by atoms with van der Waals surface area (Å²) in [7, 11) is 0. The van der Waals surface area contributed by atoms with Crippen molar-refractivity contribution in [2.24, 2.45) is 5.92 Å². The first-order chi connectivity index (χ1) is 27.2. The lowest BCUT2D eigenvalue weighted by Gasteiger charge is -2.63. The number of allylic oxidation sites excluding steroid dienone is 2. The molecule has 1 heteroatoms. The van der Waals surface area contributed by atoms with Crippen LogP contribution in [0, 0.1) is 5.92 Å². The molecule has 0 saturated carbocycles. The minimum absolute atomic E-state index is 0.184. The first-order valence-corrected chi connectivity index (χ1v) is 20.4. The van der Waals surface area contributed by atoms with Crippen molar-refractivity contribution in [1.29, 1.82) is 0 Å². The Labute approximate surface area is 331 Å². The van der Waals surface area contributed by atoms with Crippen molar-refractivity contribution < 1.29 is 0 Å². The highest BCUT2D eigenvalue weighted by molar-refractivity contribution is 6.07. The highest BCUT2D eigenvalue weighted by atomic mass is 15.2. The lowest BCUT2D eigenvalue weighted by atomic mass is 9.48. The van der Waals surface area contributed by atoms with E-state index in [0.29, 0.717) is 5.92 Å². The summed E-state index contributed by atoms with van der Waals surface area (Å²) >= 11 is 0. The molecule has 0 amide bonds.